The van der Waals surface area contributed by atoms with Crippen LogP contribution in [0, 0.1) is 17.7 Å². The number of esters is 2. The summed E-state index contributed by atoms with van der Waals surface area (Å²) < 4.78 is 25.5. The number of carbonyl (C=O) groups excluding carboxylic acids is 3. The lowest BCUT2D eigenvalue weighted by Gasteiger charge is -2.38. The number of ether oxygens (including phenoxy) is 2. The molecule has 0 amide bonds. The first-order valence-corrected chi connectivity index (χ1v) is 11.0. The van der Waals surface area contributed by atoms with Crippen LogP contribution in [0.2, 0.25) is 5.02 Å². The zero-order valence-electron chi connectivity index (χ0n) is 18.8. The van der Waals surface area contributed by atoms with Crippen molar-refractivity contribution in [3.63, 3.8) is 0 Å². The summed E-state index contributed by atoms with van der Waals surface area (Å²) >= 11 is 6.39. The van der Waals surface area contributed by atoms with E-state index in [2.05, 4.69) is 5.32 Å². The van der Waals surface area contributed by atoms with Crippen molar-refractivity contribution in [3.05, 3.63) is 57.1 Å². The highest BCUT2D eigenvalue weighted by Gasteiger charge is 2.48. The van der Waals surface area contributed by atoms with E-state index in [1.807, 2.05) is 6.92 Å². The van der Waals surface area contributed by atoms with Crippen molar-refractivity contribution in [1.29, 1.82) is 0 Å². The summed E-state index contributed by atoms with van der Waals surface area (Å²) in [6, 6.07) is 4.18. The molecule has 1 aromatic rings. The summed E-state index contributed by atoms with van der Waals surface area (Å²) in [6.45, 7) is 7.08. The highest BCUT2D eigenvalue weighted by Crippen LogP contribution is 2.47. The lowest BCUT2D eigenvalue weighted by Crippen LogP contribution is -2.43. The molecule has 172 valence electrons. The van der Waals surface area contributed by atoms with E-state index < -0.39 is 35.4 Å². The predicted molar refractivity (Wildman–Crippen MR) is 117 cm³/mol. The van der Waals surface area contributed by atoms with Crippen LogP contribution in [-0.4, -0.2) is 30.9 Å². The number of halogens is 2. The molecular weight excluding hydrogens is 437 g/mol. The topological polar surface area (TPSA) is 81.7 Å². The van der Waals surface area contributed by atoms with Crippen LogP contribution < -0.4 is 5.32 Å². The van der Waals surface area contributed by atoms with Gasteiger partial charge in [0.25, 0.3) is 0 Å². The molecule has 1 N–H and O–H groups in total. The monoisotopic (exact) mass is 463 g/mol. The van der Waals surface area contributed by atoms with Gasteiger partial charge in [-0.15, -0.1) is 0 Å². The van der Waals surface area contributed by atoms with Crippen LogP contribution in [0.25, 0.3) is 0 Å². The lowest BCUT2D eigenvalue weighted by molar-refractivity contribution is -0.151. The minimum absolute atomic E-state index is 0.00476. The Labute approximate surface area is 191 Å². The molecule has 0 saturated carbocycles. The Hall–Kier alpha value is -2.67. The van der Waals surface area contributed by atoms with E-state index in [4.69, 9.17) is 21.1 Å². The molecule has 3 rings (SSSR count). The van der Waals surface area contributed by atoms with Crippen molar-refractivity contribution in [1.82, 2.24) is 5.32 Å². The number of Topliss-reactive ketones (excluding diaryl/α,β-unsaturated/α-hetero) is 1. The van der Waals surface area contributed by atoms with Gasteiger partial charge in [0.15, 0.2) is 5.78 Å². The molecule has 1 heterocycles. The Balaban J connectivity index is 2.23. The second kappa shape index (κ2) is 9.45. The number of benzene rings is 1. The molecule has 32 heavy (non-hydrogen) atoms. The summed E-state index contributed by atoms with van der Waals surface area (Å²) in [5.74, 6) is -4.99. The largest absolute Gasteiger partial charge is 0.468 e. The van der Waals surface area contributed by atoms with E-state index in [0.717, 1.165) is 0 Å². The van der Waals surface area contributed by atoms with Gasteiger partial charge in [-0.1, -0.05) is 31.5 Å². The fraction of sp³-hybridized carbons (Fsp3) is 0.458. The summed E-state index contributed by atoms with van der Waals surface area (Å²) in [5, 5.41) is 3.21. The van der Waals surface area contributed by atoms with Crippen LogP contribution in [0.3, 0.4) is 0 Å². The maximum Gasteiger partial charge on any atom is 0.337 e. The quantitative estimate of drug-likeness (QED) is 0.513. The molecule has 0 unspecified atom stereocenters. The molecular formula is C24H27ClFNO5. The number of hydrogen-bond donors (Lipinski definition) is 1. The number of carbonyl (C=O) groups is 3. The Morgan fingerprint density at radius 1 is 1.34 bits per heavy atom. The Bertz CT molecular complexity index is 1010. The van der Waals surface area contributed by atoms with Crippen LogP contribution in [0.4, 0.5) is 4.39 Å². The van der Waals surface area contributed by atoms with E-state index in [9.17, 15) is 14.4 Å². The third-order valence-electron chi connectivity index (χ3n) is 6.13. The summed E-state index contributed by atoms with van der Waals surface area (Å²) in [4.78, 5) is 39.2. The van der Waals surface area contributed by atoms with E-state index in [0.29, 0.717) is 24.2 Å². The van der Waals surface area contributed by atoms with E-state index >= 15 is 4.39 Å². The third-order valence-corrected chi connectivity index (χ3v) is 6.46. The van der Waals surface area contributed by atoms with Crippen molar-refractivity contribution in [3.8, 4) is 0 Å². The zero-order chi connectivity index (χ0) is 23.7. The van der Waals surface area contributed by atoms with Crippen LogP contribution in [0.5, 0.6) is 0 Å². The number of nitrogens with one attached hydrogen (secondary N) is 1. The fourth-order valence-corrected chi connectivity index (χ4v) is 4.63. The van der Waals surface area contributed by atoms with Crippen LogP contribution in [0.15, 0.2) is 40.7 Å². The lowest BCUT2D eigenvalue weighted by atomic mass is 9.69. The first kappa shape index (κ1) is 24.0. The Morgan fingerprint density at radius 2 is 2.03 bits per heavy atom. The predicted octanol–water partition coefficient (Wildman–Crippen LogP) is 4.43. The molecule has 4 atom stereocenters. The minimum Gasteiger partial charge on any atom is -0.468 e. The van der Waals surface area contributed by atoms with Gasteiger partial charge < -0.3 is 14.8 Å². The summed E-state index contributed by atoms with van der Waals surface area (Å²) in [7, 11) is 1.22. The molecule has 1 aliphatic carbocycles. The van der Waals surface area contributed by atoms with Gasteiger partial charge in [-0.05, 0) is 44.7 Å². The zero-order valence-corrected chi connectivity index (χ0v) is 19.5. The van der Waals surface area contributed by atoms with Crippen molar-refractivity contribution in [2.75, 3.05) is 7.11 Å². The first-order chi connectivity index (χ1) is 15.1. The summed E-state index contributed by atoms with van der Waals surface area (Å²) in [6.07, 6.45) is 0.569. The minimum atomic E-state index is -1.11. The number of ketones is 1. The molecule has 0 saturated heterocycles. The first-order valence-electron chi connectivity index (χ1n) is 10.6. The van der Waals surface area contributed by atoms with E-state index in [1.165, 1.54) is 25.3 Å². The third kappa shape index (κ3) is 4.18. The molecule has 0 bridgehead atoms. The molecule has 6 nitrogen and oxygen atoms in total. The summed E-state index contributed by atoms with van der Waals surface area (Å²) in [5.41, 5.74) is 1.25. The van der Waals surface area contributed by atoms with Crippen LogP contribution in [0.1, 0.15) is 52.0 Å². The van der Waals surface area contributed by atoms with Crippen LogP contribution >= 0.6 is 11.6 Å². The van der Waals surface area contributed by atoms with Crippen LogP contribution in [-0.2, 0) is 23.9 Å². The number of allylic oxidation sites excluding steroid dienone is 3. The number of hydrogen-bond acceptors (Lipinski definition) is 6. The Kier molecular flexibility index (Phi) is 7.08. The molecule has 1 aliphatic heterocycles. The van der Waals surface area contributed by atoms with Crippen molar-refractivity contribution >= 4 is 29.3 Å². The second-order valence-electron chi connectivity index (χ2n) is 8.29. The van der Waals surface area contributed by atoms with E-state index in [1.54, 1.807) is 20.8 Å². The normalized spacial score (nSPS) is 24.0. The molecule has 0 radical (unpaired) electrons. The number of methoxy groups -OCH3 is 1. The molecule has 1 aromatic carbocycles. The smallest absolute Gasteiger partial charge is 0.337 e. The maximum atomic E-state index is 15.1. The van der Waals surface area contributed by atoms with Gasteiger partial charge in [0, 0.05) is 27.6 Å². The molecule has 0 fully saturated rings. The second-order valence-corrected chi connectivity index (χ2v) is 8.70. The van der Waals surface area contributed by atoms with E-state index in [-0.39, 0.29) is 33.8 Å². The van der Waals surface area contributed by atoms with Gasteiger partial charge >= 0.3 is 11.9 Å². The molecule has 0 aromatic heterocycles. The standard InChI is InChI=1S/C24H27ClFNO5/c1-6-12(3)32-24(30)18-13(4)27-16-10-11(2)17(23(29)31-5)22(28)20(16)21(18)19-14(25)8-7-9-15(19)26/h7-9,11-12,17,21,27H,6,10H2,1-5H3/t11-,12-,17-,21-/m1/s1. The van der Waals surface area contributed by atoms with Gasteiger partial charge in [-0.3, -0.25) is 9.59 Å². The molecule has 2 aliphatic rings. The molecule has 8 heteroatoms. The fourth-order valence-electron chi connectivity index (χ4n) is 4.36. The highest BCUT2D eigenvalue weighted by atomic mass is 35.5. The molecule has 0 spiro atoms. The number of dihydropyridines is 1. The van der Waals surface area contributed by atoms with Gasteiger partial charge in [0.2, 0.25) is 0 Å². The van der Waals surface area contributed by atoms with Gasteiger partial charge in [-0.2, -0.15) is 0 Å². The highest BCUT2D eigenvalue weighted by molar-refractivity contribution is 6.31. The average Bonchev–Trinajstić information content (AvgIpc) is 2.72. The van der Waals surface area contributed by atoms with Gasteiger partial charge in [-0.25, -0.2) is 9.18 Å². The Morgan fingerprint density at radius 3 is 2.62 bits per heavy atom. The SMILES string of the molecule is CC[C@@H](C)OC(=O)C1=C(C)NC2=C(C(=O)[C@H](C(=O)OC)[C@H](C)C2)[C@H]1c1c(F)cccc1Cl. The average molecular weight is 464 g/mol. The van der Waals surface area contributed by atoms with Crippen molar-refractivity contribution in [2.24, 2.45) is 11.8 Å². The van der Waals surface area contributed by atoms with Crippen molar-refractivity contribution in [2.45, 2.75) is 52.6 Å². The van der Waals surface area contributed by atoms with Gasteiger partial charge in [0.05, 0.1) is 24.7 Å². The number of rotatable bonds is 5. The maximum absolute atomic E-state index is 15.1. The van der Waals surface area contributed by atoms with Crippen molar-refractivity contribution < 1.29 is 28.2 Å². The van der Waals surface area contributed by atoms with Gasteiger partial charge in [0.1, 0.15) is 11.7 Å².